The highest BCUT2D eigenvalue weighted by Crippen LogP contribution is 2.40. The summed E-state index contributed by atoms with van der Waals surface area (Å²) < 4.78 is 5.07. The first-order chi connectivity index (χ1) is 10.3. The molecular weight excluding hydrogens is 278 g/mol. The van der Waals surface area contributed by atoms with Gasteiger partial charge in [-0.25, -0.2) is 0 Å². The Bertz CT molecular complexity index is 597. The molecule has 1 N–H and O–H groups in total. The summed E-state index contributed by atoms with van der Waals surface area (Å²) >= 11 is 0. The molecule has 0 aromatic heterocycles. The maximum atomic E-state index is 12.9. The number of methoxy groups -OCH3 is 1. The molecule has 0 atom stereocenters. The normalized spacial score (nSPS) is 17.5. The van der Waals surface area contributed by atoms with Crippen LogP contribution in [0, 0.1) is 13.8 Å². The fourth-order valence-corrected chi connectivity index (χ4v) is 3.11. The van der Waals surface area contributed by atoms with E-state index < -0.39 is 5.54 Å². The maximum absolute atomic E-state index is 12.9. The van der Waals surface area contributed by atoms with Crippen molar-refractivity contribution in [3.8, 4) is 0 Å². The molecule has 0 radical (unpaired) electrons. The molecule has 0 saturated heterocycles. The van der Waals surface area contributed by atoms with E-state index in [0.29, 0.717) is 18.7 Å². The molecule has 0 fully saturated rings. The standard InChI is InChI=1S/C18H25NO3/c1-12-8-6-9-13(2)14(12)15-16(20)18(3,4)19(17(15)21)10-7-11-22-5/h6,8-9,20H,7,10-11H2,1-5H3. The summed E-state index contributed by atoms with van der Waals surface area (Å²) in [6.07, 6.45) is 0.749. The van der Waals surface area contributed by atoms with Crippen molar-refractivity contribution in [2.75, 3.05) is 20.3 Å². The van der Waals surface area contributed by atoms with Gasteiger partial charge in [-0.15, -0.1) is 0 Å². The van der Waals surface area contributed by atoms with E-state index in [-0.39, 0.29) is 11.7 Å². The number of nitrogens with zero attached hydrogens (tertiary/aromatic N) is 1. The molecule has 2 rings (SSSR count). The summed E-state index contributed by atoms with van der Waals surface area (Å²) in [5.74, 6) is 0.0586. The molecule has 4 nitrogen and oxygen atoms in total. The van der Waals surface area contributed by atoms with Gasteiger partial charge in [0.2, 0.25) is 0 Å². The Labute approximate surface area is 132 Å². The second-order valence-corrected chi connectivity index (χ2v) is 6.35. The van der Waals surface area contributed by atoms with E-state index in [1.54, 1.807) is 12.0 Å². The predicted molar refractivity (Wildman–Crippen MR) is 87.7 cm³/mol. The number of aliphatic hydroxyl groups is 1. The summed E-state index contributed by atoms with van der Waals surface area (Å²) in [5, 5.41) is 10.7. The number of ether oxygens (including phenoxy) is 1. The fourth-order valence-electron chi connectivity index (χ4n) is 3.11. The molecule has 4 heteroatoms. The van der Waals surface area contributed by atoms with Gasteiger partial charge in [0, 0.05) is 20.3 Å². The number of carbonyl (C=O) groups is 1. The van der Waals surface area contributed by atoms with E-state index in [2.05, 4.69) is 0 Å². The molecule has 1 heterocycles. The summed E-state index contributed by atoms with van der Waals surface area (Å²) in [6.45, 7) is 8.87. The Morgan fingerprint density at radius 3 is 2.36 bits per heavy atom. The van der Waals surface area contributed by atoms with Gasteiger partial charge in [0.1, 0.15) is 5.76 Å². The van der Waals surface area contributed by atoms with Gasteiger partial charge in [-0.2, -0.15) is 0 Å². The lowest BCUT2D eigenvalue weighted by Crippen LogP contribution is -2.44. The van der Waals surface area contributed by atoms with Crippen LogP contribution in [0.2, 0.25) is 0 Å². The maximum Gasteiger partial charge on any atom is 0.258 e. The minimum Gasteiger partial charge on any atom is -0.509 e. The molecule has 22 heavy (non-hydrogen) atoms. The van der Waals surface area contributed by atoms with E-state index in [9.17, 15) is 9.90 Å². The van der Waals surface area contributed by atoms with E-state index in [1.165, 1.54) is 0 Å². The summed E-state index contributed by atoms with van der Waals surface area (Å²) in [6, 6.07) is 5.90. The van der Waals surface area contributed by atoms with Crippen LogP contribution in [-0.2, 0) is 9.53 Å². The molecule has 0 bridgehead atoms. The smallest absolute Gasteiger partial charge is 0.258 e. The lowest BCUT2D eigenvalue weighted by atomic mass is 9.93. The molecular formula is C18H25NO3. The van der Waals surface area contributed by atoms with E-state index in [4.69, 9.17) is 4.74 Å². The van der Waals surface area contributed by atoms with E-state index in [0.717, 1.165) is 23.1 Å². The quantitative estimate of drug-likeness (QED) is 0.850. The largest absolute Gasteiger partial charge is 0.509 e. The van der Waals surface area contributed by atoms with Crippen LogP contribution in [0.25, 0.3) is 5.57 Å². The minimum atomic E-state index is -0.686. The Hall–Kier alpha value is -1.81. The van der Waals surface area contributed by atoms with Crippen molar-refractivity contribution in [1.82, 2.24) is 4.90 Å². The topological polar surface area (TPSA) is 49.8 Å². The lowest BCUT2D eigenvalue weighted by molar-refractivity contribution is -0.127. The second kappa shape index (κ2) is 6.13. The number of benzene rings is 1. The van der Waals surface area contributed by atoms with Crippen LogP contribution in [0.4, 0.5) is 0 Å². The Morgan fingerprint density at radius 1 is 1.23 bits per heavy atom. The van der Waals surface area contributed by atoms with Crippen molar-refractivity contribution >= 4 is 11.5 Å². The Morgan fingerprint density at radius 2 is 1.82 bits per heavy atom. The van der Waals surface area contributed by atoms with Crippen molar-refractivity contribution in [3.05, 3.63) is 40.6 Å². The van der Waals surface area contributed by atoms with Gasteiger partial charge in [0.15, 0.2) is 0 Å². The molecule has 120 valence electrons. The fraction of sp³-hybridized carbons (Fsp3) is 0.500. The van der Waals surface area contributed by atoms with Crippen LogP contribution in [-0.4, -0.2) is 41.7 Å². The van der Waals surface area contributed by atoms with Crippen LogP contribution < -0.4 is 0 Å². The van der Waals surface area contributed by atoms with Crippen molar-refractivity contribution in [3.63, 3.8) is 0 Å². The highest BCUT2D eigenvalue weighted by Gasteiger charge is 2.46. The lowest BCUT2D eigenvalue weighted by Gasteiger charge is -2.32. The van der Waals surface area contributed by atoms with Gasteiger partial charge < -0.3 is 14.7 Å². The zero-order valence-corrected chi connectivity index (χ0v) is 14.1. The first-order valence-electron chi connectivity index (χ1n) is 7.63. The van der Waals surface area contributed by atoms with Crippen molar-refractivity contribution in [2.45, 2.75) is 39.7 Å². The highest BCUT2D eigenvalue weighted by atomic mass is 16.5. The van der Waals surface area contributed by atoms with Gasteiger partial charge in [0.25, 0.3) is 5.91 Å². The van der Waals surface area contributed by atoms with Gasteiger partial charge in [-0.05, 0) is 50.8 Å². The molecule has 1 aliphatic heterocycles. The van der Waals surface area contributed by atoms with Crippen LogP contribution >= 0.6 is 0 Å². The average molecular weight is 303 g/mol. The number of hydrogen-bond donors (Lipinski definition) is 1. The van der Waals surface area contributed by atoms with Gasteiger partial charge >= 0.3 is 0 Å². The number of hydrogen-bond acceptors (Lipinski definition) is 3. The molecule has 0 spiro atoms. The number of amides is 1. The van der Waals surface area contributed by atoms with Crippen LogP contribution in [0.1, 0.15) is 37.0 Å². The van der Waals surface area contributed by atoms with Gasteiger partial charge in [0.05, 0.1) is 11.1 Å². The SMILES string of the molecule is COCCCN1C(=O)C(c2c(C)cccc2C)=C(O)C1(C)C. The Balaban J connectivity index is 2.44. The van der Waals surface area contributed by atoms with Crippen molar-refractivity contribution in [1.29, 1.82) is 0 Å². The van der Waals surface area contributed by atoms with Crippen LogP contribution in [0.15, 0.2) is 24.0 Å². The summed E-state index contributed by atoms with van der Waals surface area (Å²) in [4.78, 5) is 14.6. The van der Waals surface area contributed by atoms with E-state index >= 15 is 0 Å². The van der Waals surface area contributed by atoms with Crippen LogP contribution in [0.3, 0.4) is 0 Å². The van der Waals surface area contributed by atoms with Crippen molar-refractivity contribution < 1.29 is 14.6 Å². The van der Waals surface area contributed by atoms with E-state index in [1.807, 2.05) is 45.9 Å². The first-order valence-corrected chi connectivity index (χ1v) is 7.63. The molecule has 0 aliphatic carbocycles. The average Bonchev–Trinajstić information content (AvgIpc) is 2.61. The highest BCUT2D eigenvalue weighted by molar-refractivity contribution is 6.23. The predicted octanol–water partition coefficient (Wildman–Crippen LogP) is 3.23. The third-order valence-electron chi connectivity index (χ3n) is 4.41. The number of aryl methyl sites for hydroxylation is 2. The zero-order valence-electron chi connectivity index (χ0n) is 14.1. The molecule has 1 aliphatic rings. The van der Waals surface area contributed by atoms with Gasteiger partial charge in [-0.1, -0.05) is 18.2 Å². The molecule has 0 saturated carbocycles. The van der Waals surface area contributed by atoms with Crippen LogP contribution in [0.5, 0.6) is 0 Å². The molecule has 0 unspecified atom stereocenters. The van der Waals surface area contributed by atoms with Gasteiger partial charge in [-0.3, -0.25) is 4.79 Å². The third kappa shape index (κ3) is 2.63. The number of rotatable bonds is 5. The zero-order chi connectivity index (χ0) is 16.5. The molecule has 1 aromatic carbocycles. The minimum absolute atomic E-state index is 0.101. The molecule has 1 amide bonds. The second-order valence-electron chi connectivity index (χ2n) is 6.35. The number of aliphatic hydroxyl groups excluding tert-OH is 1. The Kier molecular flexibility index (Phi) is 4.61. The monoisotopic (exact) mass is 303 g/mol. The first kappa shape index (κ1) is 16.6. The molecule has 1 aromatic rings. The summed E-state index contributed by atoms with van der Waals surface area (Å²) in [7, 11) is 1.65. The van der Waals surface area contributed by atoms with Crippen molar-refractivity contribution in [2.24, 2.45) is 0 Å². The number of carbonyl (C=O) groups excluding carboxylic acids is 1. The third-order valence-corrected chi connectivity index (χ3v) is 4.41. The summed E-state index contributed by atoms with van der Waals surface area (Å²) in [5.41, 5.74) is 2.62.